The summed E-state index contributed by atoms with van der Waals surface area (Å²) in [5.41, 5.74) is 2.52. The fourth-order valence-electron chi connectivity index (χ4n) is 8.89. The van der Waals surface area contributed by atoms with Crippen molar-refractivity contribution < 1.29 is 0 Å². The van der Waals surface area contributed by atoms with Gasteiger partial charge in [-0.05, 0) is 210 Å². The first-order valence-corrected chi connectivity index (χ1v) is 18.1. The van der Waals surface area contributed by atoms with Crippen LogP contribution in [0.2, 0.25) is 0 Å². The Balaban J connectivity index is 0.999. The Morgan fingerprint density at radius 2 is 0.481 bits per heavy atom. The van der Waals surface area contributed by atoms with Crippen molar-refractivity contribution in [1.82, 2.24) is 0 Å². The molecule has 0 aliphatic rings. The van der Waals surface area contributed by atoms with Crippen molar-refractivity contribution in [1.29, 1.82) is 0 Å². The number of fused-ring (bicyclic) bond motifs is 11. The summed E-state index contributed by atoms with van der Waals surface area (Å²) in [6.07, 6.45) is 0. The minimum absolute atomic E-state index is 1.25. The lowest BCUT2D eigenvalue weighted by atomic mass is 9.92. The highest BCUT2D eigenvalue weighted by atomic mass is 14.1. The Kier molecular flexibility index (Phi) is 5.59. The van der Waals surface area contributed by atoms with Crippen LogP contribution >= 0.6 is 0 Å². The van der Waals surface area contributed by atoms with Gasteiger partial charge in [0.05, 0.1) is 0 Å². The number of hydrogen-bond donors (Lipinski definition) is 0. The van der Waals surface area contributed by atoms with Gasteiger partial charge in [0.25, 0.3) is 0 Å². The van der Waals surface area contributed by atoms with Gasteiger partial charge in [-0.3, -0.25) is 0 Å². The molecule has 238 valence electrons. The van der Waals surface area contributed by atoms with Crippen molar-refractivity contribution in [2.75, 3.05) is 0 Å². The van der Waals surface area contributed by atoms with Crippen molar-refractivity contribution in [2.24, 2.45) is 0 Å². The molecule has 0 aromatic heterocycles. The second-order valence-corrected chi connectivity index (χ2v) is 14.6. The SMILES string of the molecule is c1ccc2cc3cc4c(-c5ccc6cc7cc8cc9c(ccc%10cc%11cc%12ccccc%12cc%11cc%109)cc8cc7cc6c5)cccc4cc3cc2c1. The molecular formula is C52H30. The maximum atomic E-state index is 2.40. The predicted molar refractivity (Wildman–Crippen MR) is 227 cm³/mol. The molecule has 0 aliphatic heterocycles. The van der Waals surface area contributed by atoms with E-state index >= 15 is 0 Å². The molecule has 0 heterocycles. The summed E-state index contributed by atoms with van der Waals surface area (Å²) in [7, 11) is 0. The minimum Gasteiger partial charge on any atom is -0.0616 e. The number of rotatable bonds is 1. The van der Waals surface area contributed by atoms with E-state index in [2.05, 4.69) is 182 Å². The van der Waals surface area contributed by atoms with E-state index in [1.807, 2.05) is 0 Å². The first kappa shape index (κ1) is 28.0. The number of benzene rings is 12. The van der Waals surface area contributed by atoms with E-state index < -0.39 is 0 Å². The summed E-state index contributed by atoms with van der Waals surface area (Å²) in [6.45, 7) is 0. The fraction of sp³-hybridized carbons (Fsp3) is 0. The summed E-state index contributed by atoms with van der Waals surface area (Å²) in [5, 5.41) is 25.6. The molecule has 0 radical (unpaired) electrons. The van der Waals surface area contributed by atoms with Gasteiger partial charge in [-0.1, -0.05) is 91.0 Å². The van der Waals surface area contributed by atoms with E-state index in [1.165, 1.54) is 119 Å². The van der Waals surface area contributed by atoms with Gasteiger partial charge < -0.3 is 0 Å². The first-order chi connectivity index (χ1) is 25.7. The largest absolute Gasteiger partial charge is 0.0616 e. The molecule has 12 rings (SSSR count). The predicted octanol–water partition coefficient (Wildman–Crippen LogP) is 14.9. The molecule has 0 atom stereocenters. The van der Waals surface area contributed by atoms with Crippen LogP contribution in [0.25, 0.3) is 119 Å². The van der Waals surface area contributed by atoms with Crippen molar-refractivity contribution in [2.45, 2.75) is 0 Å². The average Bonchev–Trinajstić information content (AvgIpc) is 3.18. The third kappa shape index (κ3) is 4.22. The third-order valence-electron chi connectivity index (χ3n) is 11.5. The van der Waals surface area contributed by atoms with E-state index in [0.717, 1.165) is 0 Å². The highest BCUT2D eigenvalue weighted by Gasteiger charge is 2.11. The van der Waals surface area contributed by atoms with Crippen LogP contribution in [0.4, 0.5) is 0 Å². The highest BCUT2D eigenvalue weighted by molar-refractivity contribution is 6.18. The topological polar surface area (TPSA) is 0 Å². The molecule has 0 saturated heterocycles. The van der Waals surface area contributed by atoms with E-state index in [1.54, 1.807) is 0 Å². The van der Waals surface area contributed by atoms with Crippen LogP contribution in [-0.4, -0.2) is 0 Å². The first-order valence-electron chi connectivity index (χ1n) is 18.1. The Bertz CT molecular complexity index is 3510. The Morgan fingerprint density at radius 3 is 0.962 bits per heavy atom. The fourth-order valence-corrected chi connectivity index (χ4v) is 8.89. The molecule has 0 amide bonds. The summed E-state index contributed by atoms with van der Waals surface area (Å²) in [5.74, 6) is 0. The van der Waals surface area contributed by atoms with Crippen LogP contribution in [0.1, 0.15) is 0 Å². The Hall–Kier alpha value is -6.76. The molecule has 52 heavy (non-hydrogen) atoms. The summed E-state index contributed by atoms with van der Waals surface area (Å²) in [6, 6.07) is 68.5. The molecule has 0 spiro atoms. The second kappa shape index (κ2) is 10.4. The van der Waals surface area contributed by atoms with Gasteiger partial charge in [0.15, 0.2) is 0 Å². The normalized spacial score (nSPS) is 12.2. The molecule has 0 unspecified atom stereocenters. The van der Waals surface area contributed by atoms with Gasteiger partial charge in [0.1, 0.15) is 0 Å². The van der Waals surface area contributed by atoms with E-state index in [0.29, 0.717) is 0 Å². The number of hydrogen-bond acceptors (Lipinski definition) is 0. The quantitative estimate of drug-likeness (QED) is 0.122. The van der Waals surface area contributed by atoms with Crippen molar-refractivity contribution in [3.05, 3.63) is 182 Å². The lowest BCUT2D eigenvalue weighted by Crippen LogP contribution is -1.85. The van der Waals surface area contributed by atoms with Crippen LogP contribution in [-0.2, 0) is 0 Å². The lowest BCUT2D eigenvalue weighted by Gasteiger charge is -2.12. The maximum Gasteiger partial charge on any atom is -0.00988 e. The van der Waals surface area contributed by atoms with Crippen LogP contribution in [0.3, 0.4) is 0 Å². The van der Waals surface area contributed by atoms with Gasteiger partial charge in [-0.2, -0.15) is 0 Å². The van der Waals surface area contributed by atoms with Gasteiger partial charge >= 0.3 is 0 Å². The molecule has 0 fully saturated rings. The lowest BCUT2D eigenvalue weighted by molar-refractivity contribution is 1.70. The summed E-state index contributed by atoms with van der Waals surface area (Å²) in [4.78, 5) is 0. The standard InChI is InChI=1S/C52H30/c1-3-8-33-18-46-28-50-36(21-41(46)16-31(33)6-1)10-5-11-49(50)37-13-12-35-20-43-27-48-30-52-39(24-44(48)26-45(43)25-40(35)22-37)15-14-38-23-42-17-32-7-2-4-9-34(32)19-47(42)29-51(38)52/h1-30H. The van der Waals surface area contributed by atoms with Crippen LogP contribution in [0.5, 0.6) is 0 Å². The molecule has 12 aromatic carbocycles. The molecule has 0 saturated carbocycles. The zero-order valence-corrected chi connectivity index (χ0v) is 28.3. The Labute approximate surface area is 299 Å². The monoisotopic (exact) mass is 654 g/mol. The summed E-state index contributed by atoms with van der Waals surface area (Å²) < 4.78 is 0. The van der Waals surface area contributed by atoms with Crippen LogP contribution in [0.15, 0.2) is 182 Å². The van der Waals surface area contributed by atoms with Gasteiger partial charge in [-0.25, -0.2) is 0 Å². The smallest absolute Gasteiger partial charge is 0.00988 e. The zero-order valence-electron chi connectivity index (χ0n) is 28.3. The van der Waals surface area contributed by atoms with Gasteiger partial charge in [0, 0.05) is 0 Å². The minimum atomic E-state index is 1.25. The molecule has 0 nitrogen and oxygen atoms in total. The maximum absolute atomic E-state index is 2.40. The van der Waals surface area contributed by atoms with Crippen molar-refractivity contribution in [3.63, 3.8) is 0 Å². The van der Waals surface area contributed by atoms with E-state index in [4.69, 9.17) is 0 Å². The van der Waals surface area contributed by atoms with Crippen LogP contribution < -0.4 is 0 Å². The molecule has 0 heteroatoms. The van der Waals surface area contributed by atoms with E-state index in [9.17, 15) is 0 Å². The molecule has 0 bridgehead atoms. The average molecular weight is 655 g/mol. The third-order valence-corrected chi connectivity index (χ3v) is 11.5. The van der Waals surface area contributed by atoms with Crippen molar-refractivity contribution in [3.8, 4) is 11.1 Å². The van der Waals surface area contributed by atoms with Crippen LogP contribution in [0, 0.1) is 0 Å². The van der Waals surface area contributed by atoms with Crippen molar-refractivity contribution >= 4 is 108 Å². The van der Waals surface area contributed by atoms with Gasteiger partial charge in [-0.15, -0.1) is 0 Å². The zero-order chi connectivity index (χ0) is 33.9. The highest BCUT2D eigenvalue weighted by Crippen LogP contribution is 2.38. The molecule has 12 aromatic rings. The molecular weight excluding hydrogens is 625 g/mol. The summed E-state index contributed by atoms with van der Waals surface area (Å²) >= 11 is 0. The Morgan fingerprint density at radius 1 is 0.173 bits per heavy atom. The molecule has 0 aliphatic carbocycles. The van der Waals surface area contributed by atoms with E-state index in [-0.39, 0.29) is 0 Å². The van der Waals surface area contributed by atoms with Gasteiger partial charge in [0.2, 0.25) is 0 Å². The molecule has 0 N–H and O–H groups in total. The second-order valence-electron chi connectivity index (χ2n) is 14.6.